The van der Waals surface area contributed by atoms with Crippen molar-refractivity contribution < 1.29 is 14.3 Å². The maximum absolute atomic E-state index is 12.9. The Morgan fingerprint density at radius 1 is 0.941 bits per heavy atom. The minimum atomic E-state index is -0.365. The van der Waals surface area contributed by atoms with Crippen LogP contribution in [0.15, 0.2) is 77.3 Å². The number of rotatable bonds is 9. The molecule has 0 fully saturated rings. The molecule has 0 spiro atoms. The molecule has 0 saturated carbocycles. The number of hydrogen-bond acceptors (Lipinski definition) is 4. The van der Waals surface area contributed by atoms with Crippen LogP contribution in [0.3, 0.4) is 0 Å². The number of hydrogen-bond donors (Lipinski definition) is 3. The van der Waals surface area contributed by atoms with Gasteiger partial charge in [0.1, 0.15) is 5.75 Å². The molecule has 3 N–H and O–H groups in total. The highest BCUT2D eigenvalue weighted by Gasteiger charge is 2.15. The average molecular weight is 540 g/mol. The van der Waals surface area contributed by atoms with Gasteiger partial charge in [-0.2, -0.15) is 0 Å². The number of amides is 2. The lowest BCUT2D eigenvalue weighted by Gasteiger charge is -2.14. The lowest BCUT2D eigenvalue weighted by atomic mass is 10.1. The van der Waals surface area contributed by atoms with Crippen LogP contribution in [0.1, 0.15) is 27.9 Å². The molecule has 3 aromatic rings. The second-order valence-electron chi connectivity index (χ2n) is 7.50. The Labute approximate surface area is 213 Å². The van der Waals surface area contributed by atoms with Crippen molar-refractivity contribution in [3.8, 4) is 5.75 Å². The smallest absolute Gasteiger partial charge is 0.261 e. The van der Waals surface area contributed by atoms with E-state index in [1.807, 2.05) is 60.7 Å². The summed E-state index contributed by atoms with van der Waals surface area (Å²) in [5, 5.41) is 8.51. The van der Waals surface area contributed by atoms with Crippen molar-refractivity contribution in [3.63, 3.8) is 0 Å². The molecular formula is C26H26BrN3O3S. The molecule has 0 aliphatic carbocycles. The Hall–Kier alpha value is -3.23. The van der Waals surface area contributed by atoms with Gasteiger partial charge < -0.3 is 15.4 Å². The van der Waals surface area contributed by atoms with Gasteiger partial charge in [-0.1, -0.05) is 58.4 Å². The summed E-state index contributed by atoms with van der Waals surface area (Å²) in [6, 6.07) is 22.9. The zero-order chi connectivity index (χ0) is 24.3. The van der Waals surface area contributed by atoms with Crippen LogP contribution in [0.25, 0.3) is 0 Å². The van der Waals surface area contributed by atoms with E-state index < -0.39 is 0 Å². The molecule has 0 aliphatic rings. The fourth-order valence-electron chi connectivity index (χ4n) is 3.20. The standard InChI is InChI=1S/C26H26BrN3O3S/c1-28-24(31)14-9-19-7-11-21(12-8-19)29-26(34)30-25(32)22-17-20(27)10-13-23(22)33-16-15-18-5-3-2-4-6-18/h2-8,10-13,17H,9,14-16H2,1H3,(H,28,31)(H2,29,30,32,34). The van der Waals surface area contributed by atoms with Gasteiger partial charge in [0.2, 0.25) is 5.91 Å². The summed E-state index contributed by atoms with van der Waals surface area (Å²) >= 11 is 8.74. The van der Waals surface area contributed by atoms with Crippen molar-refractivity contribution in [1.82, 2.24) is 10.6 Å². The summed E-state index contributed by atoms with van der Waals surface area (Å²) < 4.78 is 6.67. The first-order chi connectivity index (χ1) is 16.4. The van der Waals surface area contributed by atoms with Crippen LogP contribution in [-0.4, -0.2) is 30.6 Å². The first-order valence-electron chi connectivity index (χ1n) is 10.8. The van der Waals surface area contributed by atoms with Crippen LogP contribution in [0.4, 0.5) is 5.69 Å². The van der Waals surface area contributed by atoms with E-state index >= 15 is 0 Å². The van der Waals surface area contributed by atoms with E-state index in [0.29, 0.717) is 30.8 Å². The maximum Gasteiger partial charge on any atom is 0.261 e. The monoisotopic (exact) mass is 539 g/mol. The van der Waals surface area contributed by atoms with Crippen molar-refractivity contribution in [2.75, 3.05) is 19.0 Å². The van der Waals surface area contributed by atoms with Crippen LogP contribution >= 0.6 is 28.1 Å². The zero-order valence-corrected chi connectivity index (χ0v) is 21.2. The Morgan fingerprint density at radius 2 is 1.65 bits per heavy atom. The topological polar surface area (TPSA) is 79.5 Å². The molecule has 8 heteroatoms. The third-order valence-corrected chi connectivity index (χ3v) is 5.73. The normalized spacial score (nSPS) is 10.3. The number of ether oxygens (including phenoxy) is 1. The van der Waals surface area contributed by atoms with Gasteiger partial charge in [0.15, 0.2) is 5.11 Å². The third kappa shape index (κ3) is 7.97. The van der Waals surface area contributed by atoms with Gasteiger partial charge >= 0.3 is 0 Å². The Morgan fingerprint density at radius 3 is 2.35 bits per heavy atom. The number of nitrogens with one attached hydrogen (secondary N) is 3. The van der Waals surface area contributed by atoms with E-state index in [9.17, 15) is 9.59 Å². The largest absolute Gasteiger partial charge is 0.492 e. The van der Waals surface area contributed by atoms with E-state index in [-0.39, 0.29) is 16.9 Å². The van der Waals surface area contributed by atoms with Gasteiger partial charge in [-0.05, 0) is 60.1 Å². The summed E-state index contributed by atoms with van der Waals surface area (Å²) in [5.41, 5.74) is 3.32. The number of carbonyl (C=O) groups is 2. The van der Waals surface area contributed by atoms with E-state index in [4.69, 9.17) is 17.0 Å². The zero-order valence-electron chi connectivity index (χ0n) is 18.8. The molecule has 0 atom stereocenters. The van der Waals surface area contributed by atoms with E-state index in [1.165, 1.54) is 0 Å². The van der Waals surface area contributed by atoms with E-state index in [0.717, 1.165) is 27.7 Å². The highest BCUT2D eigenvalue weighted by Crippen LogP contribution is 2.24. The second kappa shape index (κ2) is 12.9. The first-order valence-corrected chi connectivity index (χ1v) is 12.0. The van der Waals surface area contributed by atoms with E-state index in [1.54, 1.807) is 19.2 Å². The molecule has 2 amide bonds. The molecule has 3 rings (SSSR count). The van der Waals surface area contributed by atoms with Crippen molar-refractivity contribution in [1.29, 1.82) is 0 Å². The molecule has 0 unspecified atom stereocenters. The summed E-state index contributed by atoms with van der Waals surface area (Å²) in [5.74, 6) is 0.123. The Bertz CT molecular complexity index is 1140. The molecule has 0 saturated heterocycles. The molecule has 176 valence electrons. The second-order valence-corrected chi connectivity index (χ2v) is 8.83. The van der Waals surface area contributed by atoms with E-state index in [2.05, 4.69) is 31.9 Å². The molecule has 34 heavy (non-hydrogen) atoms. The van der Waals surface area contributed by atoms with Crippen LogP contribution in [0.2, 0.25) is 0 Å². The summed E-state index contributed by atoms with van der Waals surface area (Å²) in [6.07, 6.45) is 1.81. The van der Waals surface area contributed by atoms with Crippen molar-refractivity contribution >= 4 is 50.8 Å². The number of thiocarbonyl (C=S) groups is 1. The first kappa shape index (κ1) is 25.4. The summed E-state index contributed by atoms with van der Waals surface area (Å²) in [4.78, 5) is 24.3. The van der Waals surface area contributed by atoms with Crippen molar-refractivity contribution in [2.45, 2.75) is 19.3 Å². The molecule has 0 radical (unpaired) electrons. The third-order valence-electron chi connectivity index (χ3n) is 5.04. The van der Waals surface area contributed by atoms with Crippen LogP contribution in [0.5, 0.6) is 5.75 Å². The minimum Gasteiger partial charge on any atom is -0.492 e. The highest BCUT2D eigenvalue weighted by atomic mass is 79.9. The lowest BCUT2D eigenvalue weighted by Crippen LogP contribution is -2.34. The van der Waals surface area contributed by atoms with Gasteiger partial charge in [0.05, 0.1) is 12.2 Å². The molecule has 0 aromatic heterocycles. The fourth-order valence-corrected chi connectivity index (χ4v) is 3.77. The number of anilines is 1. The van der Waals surface area contributed by atoms with Gasteiger partial charge in [-0.15, -0.1) is 0 Å². The molecule has 0 heterocycles. The van der Waals surface area contributed by atoms with Gasteiger partial charge in [0.25, 0.3) is 5.91 Å². The molecule has 6 nitrogen and oxygen atoms in total. The predicted molar refractivity (Wildman–Crippen MR) is 142 cm³/mol. The molecular weight excluding hydrogens is 514 g/mol. The minimum absolute atomic E-state index is 0.00190. The maximum atomic E-state index is 12.9. The summed E-state index contributed by atoms with van der Waals surface area (Å²) in [6.45, 7) is 0.445. The Balaban J connectivity index is 1.56. The molecule has 0 bridgehead atoms. The number of benzene rings is 3. The molecule has 0 aliphatic heterocycles. The summed E-state index contributed by atoms with van der Waals surface area (Å²) in [7, 11) is 1.62. The lowest BCUT2D eigenvalue weighted by molar-refractivity contribution is -0.120. The number of carbonyl (C=O) groups excluding carboxylic acids is 2. The molecule has 3 aromatic carbocycles. The van der Waals surface area contributed by atoms with Crippen molar-refractivity contribution in [3.05, 3.63) is 94.0 Å². The van der Waals surface area contributed by atoms with Crippen LogP contribution in [-0.2, 0) is 17.6 Å². The van der Waals surface area contributed by atoms with Crippen LogP contribution < -0.4 is 20.7 Å². The highest BCUT2D eigenvalue weighted by molar-refractivity contribution is 9.10. The van der Waals surface area contributed by atoms with Gasteiger partial charge in [0, 0.05) is 30.0 Å². The quantitative estimate of drug-likeness (QED) is 0.338. The number of aryl methyl sites for hydroxylation is 1. The Kier molecular flexibility index (Phi) is 9.61. The average Bonchev–Trinajstić information content (AvgIpc) is 2.84. The van der Waals surface area contributed by atoms with Crippen molar-refractivity contribution in [2.24, 2.45) is 0 Å². The van der Waals surface area contributed by atoms with Gasteiger partial charge in [-0.25, -0.2) is 0 Å². The predicted octanol–water partition coefficient (Wildman–Crippen LogP) is 4.88. The number of halogens is 1. The SMILES string of the molecule is CNC(=O)CCc1ccc(NC(=S)NC(=O)c2cc(Br)ccc2OCCc2ccccc2)cc1. The van der Waals surface area contributed by atoms with Gasteiger partial charge in [-0.3, -0.25) is 14.9 Å². The fraction of sp³-hybridized carbons (Fsp3) is 0.192. The van der Waals surface area contributed by atoms with Crippen LogP contribution in [0, 0.1) is 0 Å².